The van der Waals surface area contributed by atoms with Crippen molar-refractivity contribution in [1.82, 2.24) is 0 Å². The summed E-state index contributed by atoms with van der Waals surface area (Å²) >= 11 is 1.44. The van der Waals surface area contributed by atoms with Gasteiger partial charge in [0.05, 0.1) is 4.88 Å². The molecule has 2 nitrogen and oxygen atoms in total. The maximum atomic E-state index is 11.1. The van der Waals surface area contributed by atoms with E-state index in [-0.39, 0.29) is 35.3 Å². The van der Waals surface area contributed by atoms with Gasteiger partial charge in [-0.15, -0.1) is 17.6 Å². The Labute approximate surface area is 104 Å². The van der Waals surface area contributed by atoms with Crippen LogP contribution in [0.5, 0.6) is 0 Å². The summed E-state index contributed by atoms with van der Waals surface area (Å²) in [7, 11) is 0. The number of allylic oxidation sites excluding steroid dienone is 1. The second-order valence-corrected chi connectivity index (χ2v) is 3.45. The van der Waals surface area contributed by atoms with Crippen molar-refractivity contribution in [2.24, 2.45) is 0 Å². The SMILES string of the molecule is CCc1ccc(C(=O)C=C[O-])s1.[Na+]. The number of thiophene rings is 1. The predicted molar refractivity (Wildman–Crippen MR) is 47.2 cm³/mol. The van der Waals surface area contributed by atoms with Gasteiger partial charge in [-0.25, -0.2) is 0 Å². The molecular formula is C9H9NaO2S. The van der Waals surface area contributed by atoms with Crippen LogP contribution in [0.2, 0.25) is 0 Å². The normalized spacial score (nSPS) is 9.92. The van der Waals surface area contributed by atoms with Crippen LogP contribution in [0, 0.1) is 0 Å². The maximum absolute atomic E-state index is 11.1. The van der Waals surface area contributed by atoms with E-state index in [0.717, 1.165) is 17.4 Å². The van der Waals surface area contributed by atoms with Crippen molar-refractivity contribution in [3.05, 3.63) is 34.2 Å². The van der Waals surface area contributed by atoms with E-state index in [1.165, 1.54) is 11.3 Å². The first kappa shape index (κ1) is 12.9. The molecule has 1 rings (SSSR count). The molecule has 0 aliphatic carbocycles. The zero-order valence-electron chi connectivity index (χ0n) is 7.74. The molecule has 4 heteroatoms. The Morgan fingerprint density at radius 1 is 1.62 bits per heavy atom. The van der Waals surface area contributed by atoms with Crippen LogP contribution in [-0.2, 0) is 6.42 Å². The number of carbonyl (C=O) groups is 1. The van der Waals surface area contributed by atoms with Crippen molar-refractivity contribution in [3.63, 3.8) is 0 Å². The third kappa shape index (κ3) is 3.65. The smallest absolute Gasteiger partial charge is 0.878 e. The van der Waals surface area contributed by atoms with Crippen LogP contribution < -0.4 is 34.7 Å². The van der Waals surface area contributed by atoms with Gasteiger partial charge in [0.2, 0.25) is 0 Å². The molecule has 0 radical (unpaired) electrons. The number of hydrogen-bond donors (Lipinski definition) is 0. The van der Waals surface area contributed by atoms with Crippen LogP contribution in [0.1, 0.15) is 21.5 Å². The number of ketones is 1. The Kier molecular flexibility index (Phi) is 6.33. The van der Waals surface area contributed by atoms with E-state index in [1.807, 2.05) is 13.0 Å². The van der Waals surface area contributed by atoms with Gasteiger partial charge in [0.25, 0.3) is 0 Å². The molecule has 0 atom stereocenters. The van der Waals surface area contributed by atoms with E-state index >= 15 is 0 Å². The fraction of sp³-hybridized carbons (Fsp3) is 0.222. The summed E-state index contributed by atoms with van der Waals surface area (Å²) in [5, 5.41) is 9.99. The van der Waals surface area contributed by atoms with E-state index in [2.05, 4.69) is 0 Å². The average molecular weight is 204 g/mol. The molecule has 1 aromatic rings. The van der Waals surface area contributed by atoms with Crippen LogP contribution in [0.25, 0.3) is 0 Å². The van der Waals surface area contributed by atoms with Gasteiger partial charge in [0, 0.05) is 4.88 Å². The van der Waals surface area contributed by atoms with Crippen molar-refractivity contribution >= 4 is 17.1 Å². The fourth-order valence-corrected chi connectivity index (χ4v) is 1.71. The van der Waals surface area contributed by atoms with Crippen LogP contribution >= 0.6 is 11.3 Å². The summed E-state index contributed by atoms with van der Waals surface area (Å²) in [5.41, 5.74) is 0. The molecule has 0 spiro atoms. The maximum Gasteiger partial charge on any atom is 1.00 e. The van der Waals surface area contributed by atoms with Gasteiger partial charge in [0.1, 0.15) is 0 Å². The Morgan fingerprint density at radius 3 is 2.77 bits per heavy atom. The molecule has 0 saturated heterocycles. The van der Waals surface area contributed by atoms with Crippen LogP contribution in [0.4, 0.5) is 0 Å². The summed E-state index contributed by atoms with van der Waals surface area (Å²) < 4.78 is 0. The molecule has 0 aliphatic heterocycles. The molecule has 0 fully saturated rings. The van der Waals surface area contributed by atoms with E-state index in [0.29, 0.717) is 11.1 Å². The van der Waals surface area contributed by atoms with Crippen molar-refractivity contribution in [2.75, 3.05) is 0 Å². The molecule has 1 heterocycles. The van der Waals surface area contributed by atoms with E-state index in [1.54, 1.807) is 6.07 Å². The molecule has 1 aromatic heterocycles. The summed E-state index contributed by atoms with van der Waals surface area (Å²) in [5.74, 6) is -0.199. The number of carbonyl (C=O) groups excluding carboxylic acids is 1. The number of aryl methyl sites for hydroxylation is 1. The zero-order chi connectivity index (χ0) is 8.97. The molecule has 0 bridgehead atoms. The van der Waals surface area contributed by atoms with Gasteiger partial charge in [-0.3, -0.25) is 4.79 Å². The standard InChI is InChI=1S/C9H10O2S.Na/c1-2-7-3-4-9(12-7)8(11)5-6-10;/h3-6,10H,2H2,1H3;/q;+1/p-1. The zero-order valence-corrected chi connectivity index (χ0v) is 10.6. The average Bonchev–Trinajstić information content (AvgIpc) is 2.52. The second kappa shape index (κ2) is 6.38. The van der Waals surface area contributed by atoms with Crippen molar-refractivity contribution in [2.45, 2.75) is 13.3 Å². The van der Waals surface area contributed by atoms with E-state index < -0.39 is 0 Å². The largest absolute Gasteiger partial charge is 1.00 e. The van der Waals surface area contributed by atoms with Gasteiger partial charge in [0.15, 0.2) is 5.78 Å². The number of rotatable bonds is 3. The molecule has 0 saturated carbocycles. The van der Waals surface area contributed by atoms with Gasteiger partial charge in [-0.2, -0.15) is 0 Å². The summed E-state index contributed by atoms with van der Waals surface area (Å²) in [6, 6.07) is 3.67. The molecule has 0 N–H and O–H groups in total. The molecule has 13 heavy (non-hydrogen) atoms. The quantitative estimate of drug-likeness (QED) is 0.257. The Bertz CT molecular complexity index is 304. The van der Waals surface area contributed by atoms with Gasteiger partial charge in [-0.1, -0.05) is 6.92 Å². The minimum atomic E-state index is -0.199. The van der Waals surface area contributed by atoms with Gasteiger partial charge >= 0.3 is 29.6 Å². The van der Waals surface area contributed by atoms with Crippen LogP contribution in [0.3, 0.4) is 0 Å². The third-order valence-corrected chi connectivity index (χ3v) is 2.72. The van der Waals surface area contributed by atoms with Crippen LogP contribution in [-0.4, -0.2) is 5.78 Å². The third-order valence-electron chi connectivity index (χ3n) is 1.47. The Balaban J connectivity index is 0.00000144. The summed E-state index contributed by atoms with van der Waals surface area (Å²) in [6.45, 7) is 2.03. The minimum Gasteiger partial charge on any atom is -0.878 e. The van der Waals surface area contributed by atoms with Crippen molar-refractivity contribution in [1.29, 1.82) is 0 Å². The molecule has 0 unspecified atom stereocenters. The Morgan fingerprint density at radius 2 is 2.31 bits per heavy atom. The van der Waals surface area contributed by atoms with E-state index in [9.17, 15) is 9.90 Å². The van der Waals surface area contributed by atoms with Crippen molar-refractivity contribution < 1.29 is 39.5 Å². The first-order valence-corrected chi connectivity index (χ1v) is 4.51. The van der Waals surface area contributed by atoms with Crippen molar-refractivity contribution in [3.8, 4) is 0 Å². The number of hydrogen-bond acceptors (Lipinski definition) is 3. The fourth-order valence-electron chi connectivity index (χ4n) is 0.844. The second-order valence-electron chi connectivity index (χ2n) is 2.29. The summed E-state index contributed by atoms with van der Waals surface area (Å²) in [6.07, 6.45) is 2.50. The predicted octanol–water partition coefficient (Wildman–Crippen LogP) is -1.63. The summed E-state index contributed by atoms with van der Waals surface area (Å²) in [4.78, 5) is 12.9. The van der Waals surface area contributed by atoms with Crippen LogP contribution in [0.15, 0.2) is 24.5 Å². The first-order chi connectivity index (χ1) is 5.77. The molecule has 64 valence electrons. The Hall–Kier alpha value is -0.0900. The molecule has 0 amide bonds. The monoisotopic (exact) mass is 204 g/mol. The van der Waals surface area contributed by atoms with E-state index in [4.69, 9.17) is 0 Å². The minimum absolute atomic E-state index is 0. The topological polar surface area (TPSA) is 40.1 Å². The first-order valence-electron chi connectivity index (χ1n) is 3.69. The van der Waals surface area contributed by atoms with Gasteiger partial charge in [-0.05, 0) is 24.6 Å². The molecular weight excluding hydrogens is 195 g/mol. The molecule has 0 aromatic carbocycles. The van der Waals surface area contributed by atoms with Gasteiger partial charge < -0.3 is 5.11 Å². The molecule has 0 aliphatic rings.